The van der Waals surface area contributed by atoms with Crippen molar-refractivity contribution in [2.75, 3.05) is 0 Å². The quantitative estimate of drug-likeness (QED) is 0.792. The highest BCUT2D eigenvalue weighted by molar-refractivity contribution is 5.90. The van der Waals surface area contributed by atoms with Crippen LogP contribution in [0.3, 0.4) is 0 Å². The summed E-state index contributed by atoms with van der Waals surface area (Å²) in [7, 11) is 0. The van der Waals surface area contributed by atoms with Crippen molar-refractivity contribution in [1.82, 2.24) is 0 Å². The van der Waals surface area contributed by atoms with Gasteiger partial charge in [-0.05, 0) is 22.3 Å². The first-order chi connectivity index (χ1) is 11.2. The third kappa shape index (κ3) is 1.08. The van der Waals surface area contributed by atoms with Gasteiger partial charge in [0.1, 0.15) is 0 Å². The Hall–Kier alpha value is -2.84. The molecule has 0 aliphatic heterocycles. The summed E-state index contributed by atoms with van der Waals surface area (Å²) in [4.78, 5) is 0. The van der Waals surface area contributed by atoms with E-state index in [1.165, 1.54) is 11.1 Å². The Bertz CT molecular complexity index is 973. The average molecular weight is 294 g/mol. The standard InChI is InChI=1S/C21H14N2/c1-20-16-10-6-5-9-14(16)18-15(11-22)17(13-7-3-2-4-8-13)19(20)21(18,20)12-23/h2-10,18-19H,1H3/t18-,19?,20?,21-/m0/s1. The number of allylic oxidation sites excluding steroid dienone is 2. The summed E-state index contributed by atoms with van der Waals surface area (Å²) in [5.41, 5.74) is 4.79. The van der Waals surface area contributed by atoms with Gasteiger partial charge in [0.05, 0.1) is 17.6 Å². The highest BCUT2D eigenvalue weighted by Crippen LogP contribution is 2.87. The van der Waals surface area contributed by atoms with Crippen LogP contribution in [0.25, 0.3) is 5.57 Å². The predicted molar refractivity (Wildman–Crippen MR) is 87.0 cm³/mol. The van der Waals surface area contributed by atoms with Crippen molar-refractivity contribution in [3.8, 4) is 12.1 Å². The van der Waals surface area contributed by atoms with E-state index in [9.17, 15) is 10.5 Å². The van der Waals surface area contributed by atoms with Gasteiger partial charge in [0.15, 0.2) is 0 Å². The van der Waals surface area contributed by atoms with Gasteiger partial charge in [-0.25, -0.2) is 0 Å². The molecule has 0 amide bonds. The molecule has 1 saturated carbocycles. The summed E-state index contributed by atoms with van der Waals surface area (Å²) >= 11 is 0. The minimum Gasteiger partial charge on any atom is -0.198 e. The van der Waals surface area contributed by atoms with Gasteiger partial charge in [-0.15, -0.1) is 0 Å². The van der Waals surface area contributed by atoms with Crippen molar-refractivity contribution in [2.45, 2.75) is 18.3 Å². The van der Waals surface area contributed by atoms with E-state index in [0.29, 0.717) is 0 Å². The fourth-order valence-corrected chi connectivity index (χ4v) is 5.48. The zero-order chi connectivity index (χ0) is 15.8. The zero-order valence-corrected chi connectivity index (χ0v) is 12.7. The fourth-order valence-electron chi connectivity index (χ4n) is 5.48. The molecule has 0 saturated heterocycles. The van der Waals surface area contributed by atoms with E-state index >= 15 is 0 Å². The number of fused-ring (bicyclic) bond motifs is 4. The van der Waals surface area contributed by atoms with Crippen molar-refractivity contribution < 1.29 is 0 Å². The van der Waals surface area contributed by atoms with Crippen LogP contribution in [0.5, 0.6) is 0 Å². The summed E-state index contributed by atoms with van der Waals surface area (Å²) in [6.45, 7) is 2.21. The lowest BCUT2D eigenvalue weighted by Gasteiger charge is -2.15. The lowest BCUT2D eigenvalue weighted by atomic mass is 9.83. The van der Waals surface area contributed by atoms with Crippen molar-refractivity contribution in [3.63, 3.8) is 0 Å². The van der Waals surface area contributed by atoms with Gasteiger partial charge in [0, 0.05) is 22.8 Å². The number of nitriles is 2. The molecule has 0 radical (unpaired) electrons. The number of rotatable bonds is 1. The van der Waals surface area contributed by atoms with Gasteiger partial charge in [-0.2, -0.15) is 10.5 Å². The lowest BCUT2D eigenvalue weighted by molar-refractivity contribution is 0.542. The Kier molecular flexibility index (Phi) is 2.06. The predicted octanol–water partition coefficient (Wildman–Crippen LogP) is 4.17. The maximum absolute atomic E-state index is 10.1. The second-order valence-corrected chi connectivity index (χ2v) is 6.94. The summed E-state index contributed by atoms with van der Waals surface area (Å²) in [6.07, 6.45) is 0. The Labute approximate surface area is 135 Å². The van der Waals surface area contributed by atoms with E-state index in [-0.39, 0.29) is 17.3 Å². The molecule has 0 bridgehead atoms. The Morgan fingerprint density at radius 3 is 2.35 bits per heavy atom. The van der Waals surface area contributed by atoms with Crippen LogP contribution in [0.1, 0.15) is 29.5 Å². The molecule has 4 atom stereocenters. The van der Waals surface area contributed by atoms with Crippen LogP contribution in [-0.2, 0) is 5.41 Å². The summed E-state index contributed by atoms with van der Waals surface area (Å²) < 4.78 is 0. The molecule has 0 aromatic heterocycles. The largest absolute Gasteiger partial charge is 0.198 e. The fraction of sp³-hybridized carbons (Fsp3) is 0.238. The molecule has 2 aromatic rings. The van der Waals surface area contributed by atoms with E-state index in [1.54, 1.807) is 0 Å². The van der Waals surface area contributed by atoms with Gasteiger partial charge in [-0.3, -0.25) is 0 Å². The Morgan fingerprint density at radius 2 is 1.65 bits per heavy atom. The summed E-state index contributed by atoms with van der Waals surface area (Å²) in [6, 6.07) is 23.5. The molecule has 2 unspecified atom stereocenters. The van der Waals surface area contributed by atoms with Crippen molar-refractivity contribution in [2.24, 2.45) is 11.3 Å². The van der Waals surface area contributed by atoms with Crippen LogP contribution in [0.2, 0.25) is 0 Å². The van der Waals surface area contributed by atoms with Crippen LogP contribution in [-0.4, -0.2) is 0 Å². The molecule has 2 nitrogen and oxygen atoms in total. The molecular weight excluding hydrogens is 280 g/mol. The van der Waals surface area contributed by atoms with E-state index in [1.807, 2.05) is 30.3 Å². The molecule has 0 spiro atoms. The maximum atomic E-state index is 10.1. The molecule has 2 heteroatoms. The van der Waals surface area contributed by atoms with Crippen molar-refractivity contribution >= 4 is 5.57 Å². The topological polar surface area (TPSA) is 47.6 Å². The second-order valence-electron chi connectivity index (χ2n) is 6.94. The third-order valence-electron chi connectivity index (χ3n) is 6.35. The van der Waals surface area contributed by atoms with E-state index in [2.05, 4.69) is 43.3 Å². The summed E-state index contributed by atoms with van der Waals surface area (Å²) in [5.74, 6) is 0.0656. The first-order valence-electron chi connectivity index (χ1n) is 7.92. The van der Waals surface area contributed by atoms with E-state index < -0.39 is 5.41 Å². The molecule has 5 rings (SSSR count). The van der Waals surface area contributed by atoms with Crippen LogP contribution >= 0.6 is 0 Å². The molecule has 1 fully saturated rings. The van der Waals surface area contributed by atoms with E-state index in [4.69, 9.17) is 0 Å². The number of nitrogens with zero attached hydrogens (tertiary/aromatic N) is 2. The van der Waals surface area contributed by atoms with Gasteiger partial charge in [0.25, 0.3) is 0 Å². The van der Waals surface area contributed by atoms with Crippen molar-refractivity contribution in [1.29, 1.82) is 10.5 Å². The molecule has 3 aliphatic rings. The van der Waals surface area contributed by atoms with Gasteiger partial charge in [0.2, 0.25) is 0 Å². The van der Waals surface area contributed by atoms with Gasteiger partial charge >= 0.3 is 0 Å². The van der Waals surface area contributed by atoms with E-state index in [0.717, 1.165) is 16.7 Å². The highest BCUT2D eigenvalue weighted by atomic mass is 14.9. The monoisotopic (exact) mass is 294 g/mol. The molecule has 23 heavy (non-hydrogen) atoms. The first kappa shape index (κ1) is 12.7. The number of hydrogen-bond acceptors (Lipinski definition) is 2. The Morgan fingerprint density at radius 1 is 0.957 bits per heavy atom. The molecule has 0 heterocycles. The number of hydrogen-bond donors (Lipinski definition) is 0. The van der Waals surface area contributed by atoms with Crippen LogP contribution in [0.4, 0.5) is 0 Å². The molecule has 0 N–H and O–H groups in total. The van der Waals surface area contributed by atoms with Crippen molar-refractivity contribution in [3.05, 3.63) is 76.9 Å². The van der Waals surface area contributed by atoms with Gasteiger partial charge < -0.3 is 0 Å². The van der Waals surface area contributed by atoms with Crippen LogP contribution in [0, 0.1) is 34.0 Å². The third-order valence-corrected chi connectivity index (χ3v) is 6.35. The molecular formula is C21H14N2. The minimum atomic E-state index is -0.465. The summed E-state index contributed by atoms with van der Waals surface area (Å²) in [5, 5.41) is 19.9. The number of benzene rings is 2. The smallest absolute Gasteiger partial charge is 0.0957 e. The minimum absolute atomic E-state index is 0.0705. The lowest BCUT2D eigenvalue weighted by Crippen LogP contribution is -2.13. The second kappa shape index (κ2) is 3.73. The zero-order valence-electron chi connectivity index (χ0n) is 12.7. The molecule has 2 aromatic carbocycles. The maximum Gasteiger partial charge on any atom is 0.0957 e. The van der Waals surface area contributed by atoms with Crippen LogP contribution in [0.15, 0.2) is 60.2 Å². The Balaban J connectivity index is 1.85. The molecule has 3 aliphatic carbocycles. The highest BCUT2D eigenvalue weighted by Gasteiger charge is 2.86. The first-order valence-corrected chi connectivity index (χ1v) is 7.92. The van der Waals surface area contributed by atoms with Gasteiger partial charge in [-0.1, -0.05) is 61.5 Å². The normalized spacial score (nSPS) is 35.3. The van der Waals surface area contributed by atoms with Crippen LogP contribution < -0.4 is 0 Å². The molecule has 108 valence electrons. The SMILES string of the molecule is CC12c3ccccc3[C@H]3C(C#N)=C(c4ccccc4)C1[C@]32C#N. The average Bonchev–Trinajstić information content (AvgIpc) is 2.93.